The second-order valence-corrected chi connectivity index (χ2v) is 8.44. The quantitative estimate of drug-likeness (QED) is 0.746. The number of nitrogens with one attached hydrogen (secondary N) is 1. The van der Waals surface area contributed by atoms with Gasteiger partial charge in [-0.05, 0) is 31.0 Å². The molecule has 1 aromatic carbocycles. The highest BCUT2D eigenvalue weighted by Crippen LogP contribution is 2.20. The molecule has 0 radical (unpaired) electrons. The van der Waals surface area contributed by atoms with Crippen molar-refractivity contribution in [1.82, 2.24) is 20.0 Å². The summed E-state index contributed by atoms with van der Waals surface area (Å²) in [6, 6.07) is 11.6. The number of amides is 3. The number of likely N-dealkylation sites (tertiary alicyclic amines) is 1. The lowest BCUT2D eigenvalue weighted by atomic mass is 10.0. The molecule has 3 amide bonds. The number of ether oxygens (including phenoxy) is 1. The molecule has 8 nitrogen and oxygen atoms in total. The van der Waals surface area contributed by atoms with E-state index in [2.05, 4.69) is 10.2 Å². The summed E-state index contributed by atoms with van der Waals surface area (Å²) < 4.78 is 10.8. The van der Waals surface area contributed by atoms with Crippen LogP contribution in [-0.4, -0.2) is 79.1 Å². The summed E-state index contributed by atoms with van der Waals surface area (Å²) in [5.74, 6) is 1.80. The van der Waals surface area contributed by atoms with Crippen LogP contribution in [0.5, 0.6) is 5.75 Å². The molecule has 2 fully saturated rings. The minimum absolute atomic E-state index is 0.00134. The van der Waals surface area contributed by atoms with Crippen molar-refractivity contribution in [2.45, 2.75) is 31.8 Å². The van der Waals surface area contributed by atoms with E-state index in [0.29, 0.717) is 32.6 Å². The van der Waals surface area contributed by atoms with E-state index in [1.54, 1.807) is 13.4 Å². The second kappa shape index (κ2) is 10.5. The van der Waals surface area contributed by atoms with Crippen molar-refractivity contribution in [3.8, 4) is 5.75 Å². The van der Waals surface area contributed by atoms with E-state index in [9.17, 15) is 9.59 Å². The maximum atomic E-state index is 12.7. The first kappa shape index (κ1) is 22.2. The summed E-state index contributed by atoms with van der Waals surface area (Å²) in [4.78, 5) is 31.5. The molecular weight excluding hydrogens is 408 g/mol. The number of para-hydroxylation sites is 1. The van der Waals surface area contributed by atoms with E-state index in [4.69, 9.17) is 9.15 Å². The fraction of sp³-hybridized carbons (Fsp3) is 0.500. The lowest BCUT2D eigenvalue weighted by molar-refractivity contribution is -0.131. The van der Waals surface area contributed by atoms with Crippen LogP contribution in [0.15, 0.2) is 47.1 Å². The molecule has 8 heteroatoms. The largest absolute Gasteiger partial charge is 0.496 e. The van der Waals surface area contributed by atoms with Gasteiger partial charge in [0.1, 0.15) is 11.5 Å². The lowest BCUT2D eigenvalue weighted by Gasteiger charge is -2.37. The van der Waals surface area contributed by atoms with Gasteiger partial charge in [-0.2, -0.15) is 0 Å². The van der Waals surface area contributed by atoms with Gasteiger partial charge >= 0.3 is 6.03 Å². The second-order valence-electron chi connectivity index (χ2n) is 8.44. The summed E-state index contributed by atoms with van der Waals surface area (Å²) in [5.41, 5.74) is 0.904. The number of rotatable bonds is 6. The monoisotopic (exact) mass is 440 g/mol. The standard InChI is InChI=1S/C24H32N4O4/c1-31-22-7-3-2-5-19(22)17-23(29)27-10-8-20(9-11-27)25-24(30)28-14-12-26(13-15-28)18-21-6-4-16-32-21/h2-7,16,20H,8-15,17-18H2,1H3,(H,25,30). The molecule has 0 spiro atoms. The Labute approximate surface area is 189 Å². The third-order valence-electron chi connectivity index (χ3n) is 6.33. The van der Waals surface area contributed by atoms with Gasteiger partial charge in [0, 0.05) is 50.9 Å². The van der Waals surface area contributed by atoms with Crippen molar-refractivity contribution < 1.29 is 18.7 Å². The average molecular weight is 441 g/mol. The average Bonchev–Trinajstić information content (AvgIpc) is 3.33. The molecule has 0 aliphatic carbocycles. The fourth-order valence-electron chi connectivity index (χ4n) is 4.39. The van der Waals surface area contributed by atoms with Crippen LogP contribution in [0.4, 0.5) is 4.79 Å². The first-order chi connectivity index (χ1) is 15.6. The summed E-state index contributed by atoms with van der Waals surface area (Å²) in [6.45, 7) is 5.20. The number of nitrogens with zero attached hydrogens (tertiary/aromatic N) is 3. The van der Waals surface area contributed by atoms with Crippen LogP contribution in [0.1, 0.15) is 24.2 Å². The first-order valence-corrected chi connectivity index (χ1v) is 11.3. The van der Waals surface area contributed by atoms with Crippen molar-refractivity contribution in [1.29, 1.82) is 0 Å². The molecule has 2 aliphatic heterocycles. The van der Waals surface area contributed by atoms with Gasteiger partial charge in [0.25, 0.3) is 0 Å². The molecule has 0 saturated carbocycles. The molecular formula is C24H32N4O4. The predicted octanol–water partition coefficient (Wildman–Crippen LogP) is 2.35. The number of piperidine rings is 1. The Hall–Kier alpha value is -3.00. The molecule has 0 bridgehead atoms. The Balaban J connectivity index is 1.18. The zero-order valence-corrected chi connectivity index (χ0v) is 18.7. The van der Waals surface area contributed by atoms with Gasteiger partial charge in [0.05, 0.1) is 26.3 Å². The van der Waals surface area contributed by atoms with Crippen LogP contribution in [0.2, 0.25) is 0 Å². The maximum Gasteiger partial charge on any atom is 0.317 e. The fourth-order valence-corrected chi connectivity index (χ4v) is 4.39. The zero-order valence-electron chi connectivity index (χ0n) is 18.7. The highest BCUT2D eigenvalue weighted by atomic mass is 16.5. The van der Waals surface area contributed by atoms with Crippen molar-refractivity contribution in [2.75, 3.05) is 46.4 Å². The Morgan fingerprint density at radius 2 is 1.75 bits per heavy atom. The topological polar surface area (TPSA) is 78.3 Å². The molecule has 1 N–H and O–H groups in total. The van der Waals surface area contributed by atoms with Gasteiger partial charge in [-0.3, -0.25) is 9.69 Å². The van der Waals surface area contributed by atoms with Gasteiger partial charge in [0.2, 0.25) is 5.91 Å². The van der Waals surface area contributed by atoms with Crippen molar-refractivity contribution in [3.05, 3.63) is 54.0 Å². The summed E-state index contributed by atoms with van der Waals surface area (Å²) in [6.07, 6.45) is 3.59. The van der Waals surface area contributed by atoms with E-state index >= 15 is 0 Å². The SMILES string of the molecule is COc1ccccc1CC(=O)N1CCC(NC(=O)N2CCN(Cc3ccco3)CC2)CC1. The van der Waals surface area contributed by atoms with E-state index in [0.717, 1.165) is 49.5 Å². The van der Waals surface area contributed by atoms with Crippen molar-refractivity contribution in [3.63, 3.8) is 0 Å². The molecule has 4 rings (SSSR count). The van der Waals surface area contributed by atoms with Crippen LogP contribution in [-0.2, 0) is 17.8 Å². The van der Waals surface area contributed by atoms with Gasteiger partial charge in [0.15, 0.2) is 0 Å². The zero-order chi connectivity index (χ0) is 22.3. The third-order valence-corrected chi connectivity index (χ3v) is 6.33. The predicted molar refractivity (Wildman–Crippen MR) is 120 cm³/mol. The van der Waals surface area contributed by atoms with Crippen LogP contribution in [0, 0.1) is 0 Å². The smallest absolute Gasteiger partial charge is 0.317 e. The third kappa shape index (κ3) is 5.62. The van der Waals surface area contributed by atoms with E-state index in [1.807, 2.05) is 46.2 Å². The Kier molecular flexibility index (Phi) is 7.32. The molecule has 32 heavy (non-hydrogen) atoms. The summed E-state index contributed by atoms with van der Waals surface area (Å²) in [5, 5.41) is 3.17. The van der Waals surface area contributed by atoms with E-state index in [1.165, 1.54) is 0 Å². The van der Waals surface area contributed by atoms with Gasteiger partial charge in [-0.15, -0.1) is 0 Å². The lowest BCUT2D eigenvalue weighted by Crippen LogP contribution is -2.55. The van der Waals surface area contributed by atoms with Gasteiger partial charge in [-0.25, -0.2) is 4.79 Å². The minimum Gasteiger partial charge on any atom is -0.496 e. The first-order valence-electron chi connectivity index (χ1n) is 11.3. The normalized spacial score (nSPS) is 17.9. The molecule has 3 heterocycles. The Bertz CT molecular complexity index is 885. The number of benzene rings is 1. The van der Waals surface area contributed by atoms with E-state index in [-0.39, 0.29) is 18.0 Å². The number of piperazine rings is 1. The van der Waals surface area contributed by atoms with Gasteiger partial charge < -0.3 is 24.3 Å². The van der Waals surface area contributed by atoms with Crippen molar-refractivity contribution >= 4 is 11.9 Å². The Morgan fingerprint density at radius 3 is 2.44 bits per heavy atom. The van der Waals surface area contributed by atoms with E-state index < -0.39 is 0 Å². The summed E-state index contributed by atoms with van der Waals surface area (Å²) in [7, 11) is 1.62. The molecule has 172 valence electrons. The van der Waals surface area contributed by atoms with Crippen LogP contribution < -0.4 is 10.1 Å². The molecule has 0 unspecified atom stereocenters. The highest BCUT2D eigenvalue weighted by Gasteiger charge is 2.27. The molecule has 2 aromatic rings. The molecule has 2 aliphatic rings. The number of carbonyl (C=O) groups is 2. The number of hydrogen-bond donors (Lipinski definition) is 1. The van der Waals surface area contributed by atoms with Gasteiger partial charge in [-0.1, -0.05) is 18.2 Å². The van der Waals surface area contributed by atoms with Crippen LogP contribution >= 0.6 is 0 Å². The minimum atomic E-state index is 0.00134. The number of furan rings is 1. The number of methoxy groups -OCH3 is 1. The molecule has 0 atom stereocenters. The Morgan fingerprint density at radius 1 is 1.00 bits per heavy atom. The number of urea groups is 1. The number of hydrogen-bond acceptors (Lipinski definition) is 5. The van der Waals surface area contributed by atoms with Crippen LogP contribution in [0.25, 0.3) is 0 Å². The number of carbonyl (C=O) groups excluding carboxylic acids is 2. The van der Waals surface area contributed by atoms with Crippen LogP contribution in [0.3, 0.4) is 0 Å². The summed E-state index contributed by atoms with van der Waals surface area (Å²) >= 11 is 0. The molecule has 1 aromatic heterocycles. The van der Waals surface area contributed by atoms with Crippen molar-refractivity contribution in [2.24, 2.45) is 0 Å². The highest BCUT2D eigenvalue weighted by molar-refractivity contribution is 5.79. The maximum absolute atomic E-state index is 12.7. The molecule has 2 saturated heterocycles.